The summed E-state index contributed by atoms with van der Waals surface area (Å²) in [5.74, 6) is -0.739. The van der Waals surface area contributed by atoms with Gasteiger partial charge in [-0.15, -0.1) is 0 Å². The van der Waals surface area contributed by atoms with Gasteiger partial charge in [-0.25, -0.2) is 0 Å². The summed E-state index contributed by atoms with van der Waals surface area (Å²) in [6.07, 6.45) is 3.49. The second kappa shape index (κ2) is 9.77. The van der Waals surface area contributed by atoms with Crippen LogP contribution in [0.3, 0.4) is 0 Å². The first kappa shape index (κ1) is 21.8. The van der Waals surface area contributed by atoms with Crippen LogP contribution in [-0.4, -0.2) is 55.9 Å². The SMILES string of the molecule is CN1C2CCC1[C@@H](C(=O)OCCCCN=[N+]=[N-])[C@@H](OP(C)(=O)c1ccccc1)C2. The van der Waals surface area contributed by atoms with Crippen LogP contribution in [-0.2, 0) is 18.6 Å². The zero-order valence-corrected chi connectivity index (χ0v) is 17.9. The van der Waals surface area contributed by atoms with E-state index in [0.717, 1.165) is 12.8 Å². The van der Waals surface area contributed by atoms with Crippen molar-refractivity contribution in [2.75, 3.05) is 26.9 Å². The highest BCUT2D eigenvalue weighted by molar-refractivity contribution is 7.66. The molecule has 2 saturated heterocycles. The zero-order valence-electron chi connectivity index (χ0n) is 17.0. The van der Waals surface area contributed by atoms with Crippen LogP contribution < -0.4 is 5.30 Å². The van der Waals surface area contributed by atoms with Crippen molar-refractivity contribution in [2.45, 2.75) is 50.3 Å². The van der Waals surface area contributed by atoms with E-state index in [9.17, 15) is 9.36 Å². The largest absolute Gasteiger partial charge is 0.465 e. The average Bonchev–Trinajstić information content (AvgIpc) is 2.94. The van der Waals surface area contributed by atoms with Gasteiger partial charge in [-0.05, 0) is 56.8 Å². The lowest BCUT2D eigenvalue weighted by Gasteiger charge is -2.42. The molecule has 3 unspecified atom stereocenters. The molecule has 9 heteroatoms. The number of piperidine rings is 1. The minimum Gasteiger partial charge on any atom is -0.465 e. The molecule has 1 aromatic rings. The van der Waals surface area contributed by atoms with Crippen molar-refractivity contribution in [1.29, 1.82) is 0 Å². The third-order valence-electron chi connectivity index (χ3n) is 6.01. The van der Waals surface area contributed by atoms with E-state index in [4.69, 9.17) is 14.8 Å². The molecule has 2 aliphatic rings. The Morgan fingerprint density at radius 3 is 2.79 bits per heavy atom. The number of carbonyl (C=O) groups is 1. The number of carbonyl (C=O) groups excluding carboxylic acids is 1. The fraction of sp³-hybridized carbons (Fsp3) is 0.650. The van der Waals surface area contributed by atoms with E-state index >= 15 is 0 Å². The lowest BCUT2D eigenvalue weighted by atomic mass is 9.88. The molecule has 2 aliphatic heterocycles. The van der Waals surface area contributed by atoms with Crippen molar-refractivity contribution < 1.29 is 18.6 Å². The van der Waals surface area contributed by atoms with E-state index < -0.39 is 19.4 Å². The van der Waals surface area contributed by atoms with Crippen molar-refractivity contribution in [3.05, 3.63) is 40.8 Å². The minimum atomic E-state index is -3.05. The fourth-order valence-electron chi connectivity index (χ4n) is 4.45. The Labute approximate surface area is 171 Å². The second-order valence-electron chi connectivity index (χ2n) is 7.88. The number of hydrogen-bond acceptors (Lipinski definition) is 6. The van der Waals surface area contributed by atoms with Crippen molar-refractivity contribution in [3.8, 4) is 0 Å². The first-order valence-electron chi connectivity index (χ1n) is 10.1. The van der Waals surface area contributed by atoms with Crippen LogP contribution >= 0.6 is 7.37 Å². The molecule has 0 aliphatic carbocycles. The Balaban J connectivity index is 1.68. The van der Waals surface area contributed by atoms with Crippen molar-refractivity contribution in [3.63, 3.8) is 0 Å². The summed E-state index contributed by atoms with van der Waals surface area (Å²) in [6, 6.07) is 9.56. The van der Waals surface area contributed by atoms with Crippen LogP contribution in [0.25, 0.3) is 10.4 Å². The molecular weight excluding hydrogens is 391 g/mol. The van der Waals surface area contributed by atoms with Crippen LogP contribution in [0, 0.1) is 5.92 Å². The maximum absolute atomic E-state index is 13.3. The van der Waals surface area contributed by atoms with E-state index in [-0.39, 0.29) is 18.6 Å². The number of ether oxygens (including phenoxy) is 1. The fourth-order valence-corrected chi connectivity index (χ4v) is 6.02. The average molecular weight is 420 g/mol. The molecule has 0 spiro atoms. The third-order valence-corrected chi connectivity index (χ3v) is 7.92. The minimum absolute atomic E-state index is 0.0465. The van der Waals surface area contributed by atoms with Crippen LogP contribution in [0.1, 0.15) is 32.1 Å². The maximum atomic E-state index is 13.3. The predicted octanol–water partition coefficient (Wildman–Crippen LogP) is 3.72. The summed E-state index contributed by atoms with van der Waals surface area (Å²) in [5.41, 5.74) is 8.30. The Kier molecular flexibility index (Phi) is 7.36. The van der Waals surface area contributed by atoms with Gasteiger partial charge < -0.3 is 9.26 Å². The molecule has 29 heavy (non-hydrogen) atoms. The Morgan fingerprint density at radius 1 is 1.31 bits per heavy atom. The van der Waals surface area contributed by atoms with E-state index in [0.29, 0.717) is 37.2 Å². The number of fused-ring (bicyclic) bond motifs is 2. The zero-order chi connectivity index (χ0) is 20.9. The molecule has 158 valence electrons. The smallest absolute Gasteiger partial charge is 0.313 e. The number of nitrogens with zero attached hydrogens (tertiary/aromatic N) is 4. The number of azide groups is 1. The van der Waals surface area contributed by atoms with Crippen LogP contribution in [0.2, 0.25) is 0 Å². The normalized spacial score (nSPS) is 28.3. The highest BCUT2D eigenvalue weighted by Gasteiger charge is 2.51. The van der Waals surface area contributed by atoms with Gasteiger partial charge >= 0.3 is 5.97 Å². The van der Waals surface area contributed by atoms with Crippen molar-refractivity contribution >= 4 is 18.6 Å². The highest BCUT2D eigenvalue weighted by atomic mass is 31.2. The van der Waals surface area contributed by atoms with E-state index in [1.165, 1.54) is 0 Å². The lowest BCUT2D eigenvalue weighted by molar-refractivity contribution is -0.157. The Morgan fingerprint density at radius 2 is 2.07 bits per heavy atom. The predicted molar refractivity (Wildman–Crippen MR) is 111 cm³/mol. The van der Waals surface area contributed by atoms with Gasteiger partial charge in [0.15, 0.2) is 0 Å². The summed E-state index contributed by atoms with van der Waals surface area (Å²) in [5, 5.41) is 4.15. The third kappa shape index (κ3) is 5.20. The van der Waals surface area contributed by atoms with Gasteiger partial charge in [0.1, 0.15) is 0 Å². The summed E-state index contributed by atoms with van der Waals surface area (Å²) >= 11 is 0. The second-order valence-corrected chi connectivity index (χ2v) is 10.3. The van der Waals surface area contributed by atoms with Gasteiger partial charge in [0, 0.05) is 35.5 Å². The molecular formula is C20H29N4O4P. The molecule has 1 aromatic carbocycles. The maximum Gasteiger partial charge on any atom is 0.313 e. The van der Waals surface area contributed by atoms with Gasteiger partial charge in [0.05, 0.1) is 18.6 Å². The highest BCUT2D eigenvalue weighted by Crippen LogP contribution is 2.49. The van der Waals surface area contributed by atoms with Gasteiger partial charge in [-0.3, -0.25) is 14.3 Å². The number of benzene rings is 1. The lowest BCUT2D eigenvalue weighted by Crippen LogP contribution is -2.53. The van der Waals surface area contributed by atoms with E-state index in [1.54, 1.807) is 18.8 Å². The number of esters is 1. The van der Waals surface area contributed by atoms with Crippen LogP contribution in [0.4, 0.5) is 0 Å². The molecule has 0 radical (unpaired) electrons. The summed E-state index contributed by atoms with van der Waals surface area (Å²) in [6.45, 7) is 2.30. The standard InChI is InChI=1S/C20H29N4O4P/c1-24-15-10-11-17(24)19(20(25)27-13-7-6-12-22-23-21)18(14-15)28-29(2,26)16-8-4-3-5-9-16/h3-5,8-9,15,17-19H,6-7,10-14H2,1-2H3/t15?,17?,18-,19+,29?/m0/s1. The van der Waals surface area contributed by atoms with Crippen LogP contribution in [0.15, 0.2) is 35.4 Å². The molecule has 2 bridgehead atoms. The van der Waals surface area contributed by atoms with Crippen molar-refractivity contribution in [2.24, 2.45) is 11.0 Å². The molecule has 3 rings (SSSR count). The number of rotatable bonds is 9. The Bertz CT molecular complexity index is 799. The molecule has 8 nitrogen and oxygen atoms in total. The molecule has 0 saturated carbocycles. The van der Waals surface area contributed by atoms with Gasteiger partial charge in [0.25, 0.3) is 0 Å². The monoisotopic (exact) mass is 420 g/mol. The van der Waals surface area contributed by atoms with Crippen molar-refractivity contribution in [1.82, 2.24) is 4.90 Å². The summed E-state index contributed by atoms with van der Waals surface area (Å²) < 4.78 is 25.0. The molecule has 0 amide bonds. The van der Waals surface area contributed by atoms with Gasteiger partial charge in [-0.1, -0.05) is 23.3 Å². The first-order valence-corrected chi connectivity index (χ1v) is 12.2. The topological polar surface area (TPSA) is 105 Å². The summed E-state index contributed by atoms with van der Waals surface area (Å²) in [4.78, 5) is 17.9. The number of unbranched alkanes of at least 4 members (excludes halogenated alkanes) is 1. The molecule has 5 atom stereocenters. The van der Waals surface area contributed by atoms with E-state index in [2.05, 4.69) is 14.9 Å². The molecule has 2 heterocycles. The van der Waals surface area contributed by atoms with Gasteiger partial charge in [-0.2, -0.15) is 0 Å². The van der Waals surface area contributed by atoms with Gasteiger partial charge in [0.2, 0.25) is 7.37 Å². The van der Waals surface area contributed by atoms with Crippen LogP contribution in [0.5, 0.6) is 0 Å². The first-order chi connectivity index (χ1) is 13.9. The summed E-state index contributed by atoms with van der Waals surface area (Å²) in [7, 11) is -1.01. The Hall–Kier alpha value is -1.85. The quantitative estimate of drug-likeness (QED) is 0.151. The molecule has 0 aromatic heterocycles. The molecule has 0 N–H and O–H groups in total. The number of hydrogen-bond donors (Lipinski definition) is 0. The van der Waals surface area contributed by atoms with E-state index in [1.807, 2.05) is 25.2 Å². The molecule has 2 fully saturated rings.